The highest BCUT2D eigenvalue weighted by atomic mass is 32.1. The largest absolute Gasteiger partial charge is 0.494 e. The zero-order valence-electron chi connectivity index (χ0n) is 15.5. The Labute approximate surface area is 165 Å². The number of rotatable bonds is 4. The summed E-state index contributed by atoms with van der Waals surface area (Å²) in [5.74, 6) is 0.429. The molecule has 1 fully saturated rings. The molecule has 1 aliphatic heterocycles. The van der Waals surface area contributed by atoms with Gasteiger partial charge in [0.1, 0.15) is 23.0 Å². The number of aromatic nitrogens is 3. The molecule has 0 N–H and O–H groups in total. The maximum absolute atomic E-state index is 12.7. The fraction of sp³-hybridized carbons (Fsp3) is 0.250. The van der Waals surface area contributed by atoms with Crippen molar-refractivity contribution in [3.05, 3.63) is 54.0 Å². The molecule has 1 aromatic carbocycles. The van der Waals surface area contributed by atoms with Crippen LogP contribution in [-0.4, -0.2) is 46.6 Å². The predicted octanol–water partition coefficient (Wildman–Crippen LogP) is 3.31. The van der Waals surface area contributed by atoms with Crippen molar-refractivity contribution in [3.63, 3.8) is 0 Å². The van der Waals surface area contributed by atoms with Gasteiger partial charge in [-0.05, 0) is 31.2 Å². The maximum atomic E-state index is 12.7. The standard InChI is InChI=1S/C20H18N4O3S/c1-12-18(24-9-4-3-8-16(24)21-12)19(25)27-13-10-23(11-13)20-22-17-14(26-2)6-5-7-15(17)28-20/h3-9,13H,10-11H2,1-2H3. The maximum Gasteiger partial charge on any atom is 0.357 e. The number of pyridine rings is 1. The number of carbonyl (C=O) groups is 1. The zero-order chi connectivity index (χ0) is 19.3. The smallest absolute Gasteiger partial charge is 0.357 e. The normalized spacial score (nSPS) is 14.4. The summed E-state index contributed by atoms with van der Waals surface area (Å²) in [5, 5.41) is 0.915. The van der Waals surface area contributed by atoms with Crippen molar-refractivity contribution in [2.24, 2.45) is 0 Å². The van der Waals surface area contributed by atoms with E-state index < -0.39 is 0 Å². The van der Waals surface area contributed by atoms with E-state index in [1.807, 2.05) is 49.5 Å². The fourth-order valence-electron chi connectivity index (χ4n) is 3.45. The Balaban J connectivity index is 1.30. The van der Waals surface area contributed by atoms with Crippen LogP contribution in [0.1, 0.15) is 16.2 Å². The molecule has 1 saturated heterocycles. The van der Waals surface area contributed by atoms with E-state index in [1.165, 1.54) is 0 Å². The first-order valence-electron chi connectivity index (χ1n) is 8.97. The number of imidazole rings is 1. The molecule has 0 atom stereocenters. The molecule has 3 aromatic heterocycles. The third kappa shape index (κ3) is 2.68. The van der Waals surface area contributed by atoms with Crippen LogP contribution < -0.4 is 9.64 Å². The number of hydrogen-bond acceptors (Lipinski definition) is 7. The summed E-state index contributed by atoms with van der Waals surface area (Å²) in [6, 6.07) is 11.5. The molecule has 7 nitrogen and oxygen atoms in total. The van der Waals surface area contributed by atoms with Gasteiger partial charge in [0.25, 0.3) is 0 Å². The highest BCUT2D eigenvalue weighted by Gasteiger charge is 2.33. The van der Waals surface area contributed by atoms with Crippen LogP contribution in [0, 0.1) is 6.92 Å². The van der Waals surface area contributed by atoms with Gasteiger partial charge >= 0.3 is 5.97 Å². The number of carbonyl (C=O) groups excluding carboxylic acids is 1. The lowest BCUT2D eigenvalue weighted by molar-refractivity contribution is 0.0225. The number of thiazole rings is 1. The highest BCUT2D eigenvalue weighted by molar-refractivity contribution is 7.22. The van der Waals surface area contributed by atoms with Crippen molar-refractivity contribution >= 4 is 38.3 Å². The molecule has 4 heterocycles. The van der Waals surface area contributed by atoms with E-state index in [0.717, 1.165) is 26.7 Å². The molecular formula is C20H18N4O3S. The Morgan fingerprint density at radius 1 is 1.18 bits per heavy atom. The van der Waals surface area contributed by atoms with Crippen LogP contribution in [0.15, 0.2) is 42.6 Å². The molecule has 0 bridgehead atoms. The van der Waals surface area contributed by atoms with Crippen molar-refractivity contribution in [2.45, 2.75) is 13.0 Å². The Bertz CT molecular complexity index is 1190. The molecule has 0 unspecified atom stereocenters. The van der Waals surface area contributed by atoms with E-state index in [-0.39, 0.29) is 12.1 Å². The van der Waals surface area contributed by atoms with Gasteiger partial charge in [-0.1, -0.05) is 23.5 Å². The van der Waals surface area contributed by atoms with E-state index in [1.54, 1.807) is 22.8 Å². The van der Waals surface area contributed by atoms with Crippen molar-refractivity contribution in [1.29, 1.82) is 0 Å². The Morgan fingerprint density at radius 2 is 2.04 bits per heavy atom. The number of ether oxygens (including phenoxy) is 2. The minimum Gasteiger partial charge on any atom is -0.494 e. The van der Waals surface area contributed by atoms with Gasteiger partial charge in [0.2, 0.25) is 0 Å². The van der Waals surface area contributed by atoms with Crippen LogP contribution >= 0.6 is 11.3 Å². The molecule has 28 heavy (non-hydrogen) atoms. The Kier molecular flexibility index (Phi) is 3.94. The summed E-state index contributed by atoms with van der Waals surface area (Å²) in [6.45, 7) is 3.08. The summed E-state index contributed by atoms with van der Waals surface area (Å²) in [4.78, 5) is 23.9. The van der Waals surface area contributed by atoms with Crippen molar-refractivity contribution in [3.8, 4) is 5.75 Å². The van der Waals surface area contributed by atoms with Gasteiger partial charge in [-0.25, -0.2) is 14.8 Å². The van der Waals surface area contributed by atoms with E-state index in [9.17, 15) is 4.79 Å². The molecule has 142 valence electrons. The monoisotopic (exact) mass is 394 g/mol. The SMILES string of the molecule is COc1cccc2sc(N3CC(OC(=O)c4c(C)nc5ccccn45)C3)nc12. The highest BCUT2D eigenvalue weighted by Crippen LogP contribution is 2.36. The molecule has 1 aliphatic rings. The van der Waals surface area contributed by atoms with Crippen LogP contribution in [0.4, 0.5) is 5.13 Å². The number of esters is 1. The average Bonchev–Trinajstić information content (AvgIpc) is 3.23. The minimum absolute atomic E-state index is 0.157. The number of para-hydroxylation sites is 1. The molecule has 0 saturated carbocycles. The number of hydrogen-bond donors (Lipinski definition) is 0. The second kappa shape index (κ2) is 6.49. The summed E-state index contributed by atoms with van der Waals surface area (Å²) >= 11 is 1.61. The third-order valence-corrected chi connectivity index (χ3v) is 5.96. The number of nitrogens with zero attached hydrogens (tertiary/aromatic N) is 4. The quantitative estimate of drug-likeness (QED) is 0.495. The Morgan fingerprint density at radius 3 is 2.86 bits per heavy atom. The topological polar surface area (TPSA) is 69.0 Å². The molecule has 0 aliphatic carbocycles. The van der Waals surface area contributed by atoms with Crippen molar-refractivity contribution < 1.29 is 14.3 Å². The molecule has 4 aromatic rings. The van der Waals surface area contributed by atoms with E-state index in [4.69, 9.17) is 9.47 Å². The number of benzene rings is 1. The first kappa shape index (κ1) is 17.0. The van der Waals surface area contributed by atoms with Gasteiger partial charge < -0.3 is 14.4 Å². The van der Waals surface area contributed by atoms with Gasteiger partial charge in [0.05, 0.1) is 30.6 Å². The molecule has 5 rings (SSSR count). The molecule has 0 spiro atoms. The average molecular weight is 394 g/mol. The number of aryl methyl sites for hydroxylation is 1. The summed E-state index contributed by atoms with van der Waals surface area (Å²) in [6.07, 6.45) is 1.67. The second-order valence-electron chi connectivity index (χ2n) is 6.71. The van der Waals surface area contributed by atoms with Gasteiger partial charge in [-0.3, -0.25) is 4.40 Å². The van der Waals surface area contributed by atoms with Crippen molar-refractivity contribution in [2.75, 3.05) is 25.1 Å². The number of fused-ring (bicyclic) bond motifs is 2. The third-order valence-electron chi connectivity index (χ3n) is 4.88. The fourth-order valence-corrected chi connectivity index (χ4v) is 4.45. The first-order chi connectivity index (χ1) is 13.6. The first-order valence-corrected chi connectivity index (χ1v) is 9.79. The lowest BCUT2D eigenvalue weighted by Crippen LogP contribution is -2.53. The molecule has 0 radical (unpaired) electrons. The Hall–Kier alpha value is -3.13. The molecular weight excluding hydrogens is 376 g/mol. The number of anilines is 1. The van der Waals surface area contributed by atoms with Gasteiger partial charge in [-0.2, -0.15) is 0 Å². The van der Waals surface area contributed by atoms with Crippen LogP contribution in [0.5, 0.6) is 5.75 Å². The summed E-state index contributed by atoms with van der Waals surface area (Å²) in [7, 11) is 1.65. The summed E-state index contributed by atoms with van der Waals surface area (Å²) < 4.78 is 13.9. The van der Waals surface area contributed by atoms with Crippen LogP contribution in [0.25, 0.3) is 15.9 Å². The van der Waals surface area contributed by atoms with Gasteiger partial charge in [-0.15, -0.1) is 0 Å². The van der Waals surface area contributed by atoms with Crippen molar-refractivity contribution in [1.82, 2.24) is 14.4 Å². The van der Waals surface area contributed by atoms with E-state index in [2.05, 4.69) is 14.9 Å². The second-order valence-corrected chi connectivity index (χ2v) is 7.72. The zero-order valence-corrected chi connectivity index (χ0v) is 16.3. The molecule has 0 amide bonds. The van der Waals surface area contributed by atoms with Crippen LogP contribution in [0.2, 0.25) is 0 Å². The minimum atomic E-state index is -0.341. The van der Waals surface area contributed by atoms with Gasteiger partial charge in [0, 0.05) is 6.20 Å². The van der Waals surface area contributed by atoms with Crippen LogP contribution in [-0.2, 0) is 4.74 Å². The van der Waals surface area contributed by atoms with Crippen LogP contribution in [0.3, 0.4) is 0 Å². The lowest BCUT2D eigenvalue weighted by atomic mass is 10.2. The molecule has 8 heteroatoms. The van der Waals surface area contributed by atoms with E-state index >= 15 is 0 Å². The number of methoxy groups -OCH3 is 1. The van der Waals surface area contributed by atoms with Gasteiger partial charge in [0.15, 0.2) is 10.8 Å². The summed E-state index contributed by atoms with van der Waals surface area (Å²) in [5.41, 5.74) is 2.77. The predicted molar refractivity (Wildman–Crippen MR) is 108 cm³/mol. The van der Waals surface area contributed by atoms with E-state index in [0.29, 0.717) is 24.5 Å². The lowest BCUT2D eigenvalue weighted by Gasteiger charge is -2.38.